The number of aryl methyl sites for hydroxylation is 2. The van der Waals surface area contributed by atoms with Crippen molar-refractivity contribution >= 4 is 5.78 Å². The topological polar surface area (TPSA) is 50.2 Å². The van der Waals surface area contributed by atoms with Gasteiger partial charge in [0, 0.05) is 35.4 Å². The Bertz CT molecular complexity index is 1040. The van der Waals surface area contributed by atoms with E-state index in [4.69, 9.17) is 5.11 Å². The molecule has 3 nitrogen and oxygen atoms in total. The van der Waals surface area contributed by atoms with Crippen LogP contribution in [0.1, 0.15) is 50.6 Å². The number of aliphatic hydroxyl groups is 1. The van der Waals surface area contributed by atoms with Crippen LogP contribution in [0.5, 0.6) is 0 Å². The first kappa shape index (κ1) is 19.5. The Labute approximate surface area is 166 Å². The number of aromatic nitrogens is 1. The molecule has 0 aliphatic rings. The summed E-state index contributed by atoms with van der Waals surface area (Å²) in [6.45, 7) is 3.78. The number of hydrogen-bond acceptors (Lipinski definition) is 3. The number of hydrogen-bond donors (Lipinski definition) is 1. The molecule has 0 fully saturated rings. The summed E-state index contributed by atoms with van der Waals surface area (Å²) in [5, 5.41) is 8.96. The lowest BCUT2D eigenvalue weighted by atomic mass is 9.83. The molecule has 1 atom stereocenters. The summed E-state index contributed by atoms with van der Waals surface area (Å²) < 4.78 is 0. The fourth-order valence-corrected chi connectivity index (χ4v) is 3.38. The number of rotatable bonds is 5. The molecular weight excluding hydrogens is 346 g/mol. The SMILES string of the molecule is Cc1cc(C(=O)CC(c2cccc(C#CCO)c2)c2ccccc2C)ccn1. The van der Waals surface area contributed by atoms with Crippen LogP contribution in [0, 0.1) is 25.7 Å². The van der Waals surface area contributed by atoms with E-state index in [1.54, 1.807) is 12.3 Å². The zero-order valence-corrected chi connectivity index (χ0v) is 16.1. The molecule has 1 aromatic heterocycles. The number of aliphatic hydroxyl groups excluding tert-OH is 1. The van der Waals surface area contributed by atoms with Crippen LogP contribution in [0.3, 0.4) is 0 Å². The Balaban J connectivity index is 2.01. The molecule has 1 unspecified atom stereocenters. The predicted octanol–water partition coefficient (Wildman–Crippen LogP) is 4.45. The second-order valence-corrected chi connectivity index (χ2v) is 6.81. The van der Waals surface area contributed by atoms with Crippen molar-refractivity contribution in [1.29, 1.82) is 0 Å². The molecule has 0 bridgehead atoms. The van der Waals surface area contributed by atoms with Gasteiger partial charge in [-0.25, -0.2) is 0 Å². The molecular formula is C25H23NO2. The molecule has 28 heavy (non-hydrogen) atoms. The highest BCUT2D eigenvalue weighted by molar-refractivity contribution is 5.96. The Morgan fingerprint density at radius 2 is 1.89 bits per heavy atom. The number of carbonyl (C=O) groups excluding carboxylic acids is 1. The van der Waals surface area contributed by atoms with Gasteiger partial charge in [0.2, 0.25) is 0 Å². The Morgan fingerprint density at radius 1 is 1.07 bits per heavy atom. The summed E-state index contributed by atoms with van der Waals surface area (Å²) in [6.07, 6.45) is 2.04. The van der Waals surface area contributed by atoms with Crippen molar-refractivity contribution in [1.82, 2.24) is 4.98 Å². The van der Waals surface area contributed by atoms with Gasteiger partial charge < -0.3 is 5.11 Å². The monoisotopic (exact) mass is 369 g/mol. The molecule has 2 aromatic carbocycles. The van der Waals surface area contributed by atoms with Crippen LogP contribution >= 0.6 is 0 Å². The summed E-state index contributed by atoms with van der Waals surface area (Å²) in [4.78, 5) is 17.2. The lowest BCUT2D eigenvalue weighted by Crippen LogP contribution is -2.11. The first-order valence-corrected chi connectivity index (χ1v) is 9.29. The van der Waals surface area contributed by atoms with E-state index >= 15 is 0 Å². The highest BCUT2D eigenvalue weighted by atomic mass is 16.2. The van der Waals surface area contributed by atoms with Crippen LogP contribution in [0.2, 0.25) is 0 Å². The van der Waals surface area contributed by atoms with Gasteiger partial charge in [0.25, 0.3) is 0 Å². The highest BCUT2D eigenvalue weighted by Crippen LogP contribution is 2.32. The third-order valence-electron chi connectivity index (χ3n) is 4.77. The number of ketones is 1. The summed E-state index contributed by atoms with van der Waals surface area (Å²) in [7, 11) is 0. The zero-order valence-electron chi connectivity index (χ0n) is 16.1. The standard InChI is InChI=1S/C25H23NO2/c1-18-7-3-4-11-23(18)24(17-25(28)22-12-13-26-19(2)15-22)21-10-5-8-20(16-21)9-6-14-27/h3-5,7-8,10-13,15-16,24,27H,14,17H2,1-2H3. The number of carbonyl (C=O) groups is 1. The molecule has 0 spiro atoms. The van der Waals surface area contributed by atoms with Gasteiger partial charge in [0.15, 0.2) is 5.78 Å². The fourth-order valence-electron chi connectivity index (χ4n) is 3.38. The van der Waals surface area contributed by atoms with Gasteiger partial charge in [-0.3, -0.25) is 9.78 Å². The van der Waals surface area contributed by atoms with E-state index in [0.717, 1.165) is 27.9 Å². The minimum Gasteiger partial charge on any atom is -0.384 e. The predicted molar refractivity (Wildman–Crippen MR) is 111 cm³/mol. The van der Waals surface area contributed by atoms with Crippen molar-refractivity contribution in [3.63, 3.8) is 0 Å². The van der Waals surface area contributed by atoms with Crippen molar-refractivity contribution in [3.8, 4) is 11.8 Å². The Morgan fingerprint density at radius 3 is 2.64 bits per heavy atom. The molecule has 0 saturated carbocycles. The minimum atomic E-state index is -0.175. The Hall–Kier alpha value is -3.22. The summed E-state index contributed by atoms with van der Waals surface area (Å²) in [6, 6.07) is 19.7. The van der Waals surface area contributed by atoms with Crippen molar-refractivity contribution in [2.45, 2.75) is 26.2 Å². The number of nitrogens with zero attached hydrogens (tertiary/aromatic N) is 1. The molecule has 0 saturated heterocycles. The van der Waals surface area contributed by atoms with Gasteiger partial charge in [-0.05, 0) is 54.8 Å². The largest absolute Gasteiger partial charge is 0.384 e. The van der Waals surface area contributed by atoms with E-state index in [1.807, 2.05) is 49.4 Å². The maximum absolute atomic E-state index is 13.0. The molecule has 140 valence electrons. The van der Waals surface area contributed by atoms with Gasteiger partial charge in [0.1, 0.15) is 6.61 Å². The van der Waals surface area contributed by atoms with Gasteiger partial charge in [-0.15, -0.1) is 0 Å². The van der Waals surface area contributed by atoms with Gasteiger partial charge in [-0.1, -0.05) is 48.2 Å². The van der Waals surface area contributed by atoms with E-state index in [9.17, 15) is 4.79 Å². The first-order chi connectivity index (χ1) is 13.6. The third-order valence-corrected chi connectivity index (χ3v) is 4.77. The maximum atomic E-state index is 13.0. The number of benzene rings is 2. The van der Waals surface area contributed by atoms with Crippen LogP contribution < -0.4 is 0 Å². The van der Waals surface area contributed by atoms with Crippen molar-refractivity contribution in [2.75, 3.05) is 6.61 Å². The maximum Gasteiger partial charge on any atom is 0.163 e. The normalized spacial score (nSPS) is 11.4. The van der Waals surface area contributed by atoms with E-state index in [-0.39, 0.29) is 18.3 Å². The molecule has 3 rings (SSSR count). The van der Waals surface area contributed by atoms with E-state index < -0.39 is 0 Å². The summed E-state index contributed by atoms with van der Waals surface area (Å²) >= 11 is 0. The summed E-state index contributed by atoms with van der Waals surface area (Å²) in [5.74, 6) is 5.66. The molecule has 0 aliphatic heterocycles. The third kappa shape index (κ3) is 4.73. The first-order valence-electron chi connectivity index (χ1n) is 9.29. The lowest BCUT2D eigenvalue weighted by Gasteiger charge is -2.20. The smallest absolute Gasteiger partial charge is 0.163 e. The highest BCUT2D eigenvalue weighted by Gasteiger charge is 2.21. The average Bonchev–Trinajstić information content (AvgIpc) is 2.71. The molecule has 3 aromatic rings. The lowest BCUT2D eigenvalue weighted by molar-refractivity contribution is 0.0977. The van der Waals surface area contributed by atoms with Gasteiger partial charge in [0.05, 0.1) is 0 Å². The van der Waals surface area contributed by atoms with Crippen LogP contribution in [0.25, 0.3) is 0 Å². The minimum absolute atomic E-state index is 0.0713. The number of pyridine rings is 1. The fraction of sp³-hybridized carbons (Fsp3) is 0.200. The molecule has 0 aliphatic carbocycles. The van der Waals surface area contributed by atoms with Crippen LogP contribution in [0.4, 0.5) is 0 Å². The van der Waals surface area contributed by atoms with Crippen LogP contribution in [-0.4, -0.2) is 22.5 Å². The second-order valence-electron chi connectivity index (χ2n) is 6.81. The van der Waals surface area contributed by atoms with Crippen molar-refractivity contribution < 1.29 is 9.90 Å². The number of Topliss-reactive ketones (excluding diaryl/α,β-unsaturated/α-hetero) is 1. The average molecular weight is 369 g/mol. The van der Waals surface area contributed by atoms with Gasteiger partial charge >= 0.3 is 0 Å². The second kappa shape index (κ2) is 9.12. The quantitative estimate of drug-likeness (QED) is 0.534. The zero-order chi connectivity index (χ0) is 19.9. The van der Waals surface area contributed by atoms with Crippen LogP contribution in [0.15, 0.2) is 66.9 Å². The Kier molecular flexibility index (Phi) is 6.37. The van der Waals surface area contributed by atoms with Crippen molar-refractivity contribution in [2.24, 2.45) is 0 Å². The molecule has 1 heterocycles. The molecule has 0 amide bonds. The van der Waals surface area contributed by atoms with E-state index in [0.29, 0.717) is 12.0 Å². The van der Waals surface area contributed by atoms with Gasteiger partial charge in [-0.2, -0.15) is 0 Å². The molecule has 3 heteroatoms. The van der Waals surface area contributed by atoms with E-state index in [1.165, 1.54) is 0 Å². The van der Waals surface area contributed by atoms with E-state index in [2.05, 4.69) is 35.9 Å². The molecule has 0 radical (unpaired) electrons. The summed E-state index contributed by atoms with van der Waals surface area (Å²) in [5.41, 5.74) is 5.67. The van der Waals surface area contributed by atoms with Crippen molar-refractivity contribution in [3.05, 3.63) is 100 Å². The van der Waals surface area contributed by atoms with Crippen LogP contribution in [-0.2, 0) is 0 Å². The molecule has 1 N–H and O–H groups in total.